The number of nitrogens with zero attached hydrogens (tertiary/aromatic N) is 2. The third kappa shape index (κ3) is 3.37. The summed E-state index contributed by atoms with van der Waals surface area (Å²) < 4.78 is 31.5. The van der Waals surface area contributed by atoms with E-state index in [0.717, 1.165) is 18.2 Å². The van der Waals surface area contributed by atoms with E-state index in [2.05, 4.69) is 15.3 Å². The molecule has 0 aliphatic carbocycles. The molecule has 6 heteroatoms. The number of aryl methyl sites for hydroxylation is 1. The fourth-order valence-electron chi connectivity index (χ4n) is 1.60. The summed E-state index contributed by atoms with van der Waals surface area (Å²) in [5.41, 5.74) is 0.232. The summed E-state index contributed by atoms with van der Waals surface area (Å²) in [5, 5.41) is 2.91. The molecule has 0 saturated heterocycles. The van der Waals surface area contributed by atoms with Crippen molar-refractivity contribution in [2.24, 2.45) is 0 Å². The molecule has 2 rings (SSSR count). The predicted molar refractivity (Wildman–Crippen MR) is 67.0 cm³/mol. The first-order chi connectivity index (χ1) is 9.08. The van der Waals surface area contributed by atoms with Crippen molar-refractivity contribution >= 4 is 5.82 Å². The maximum atomic E-state index is 13.4. The van der Waals surface area contributed by atoms with Gasteiger partial charge in [-0.1, -0.05) is 0 Å². The van der Waals surface area contributed by atoms with Crippen molar-refractivity contribution in [2.75, 3.05) is 12.4 Å². The molecule has 100 valence electrons. The van der Waals surface area contributed by atoms with Gasteiger partial charge < -0.3 is 10.1 Å². The monoisotopic (exact) mass is 265 g/mol. The van der Waals surface area contributed by atoms with E-state index in [1.54, 1.807) is 13.0 Å². The quantitative estimate of drug-likeness (QED) is 0.923. The molecule has 1 heterocycles. The summed E-state index contributed by atoms with van der Waals surface area (Å²) in [6.07, 6.45) is 0. The lowest BCUT2D eigenvalue weighted by Gasteiger charge is -2.08. The SMILES string of the molecule is COc1cc(NCc2cc(F)ccc2F)nc(C)n1. The van der Waals surface area contributed by atoms with Crippen molar-refractivity contribution in [3.8, 4) is 5.88 Å². The van der Waals surface area contributed by atoms with E-state index in [9.17, 15) is 8.78 Å². The molecular formula is C13H13F2N3O. The van der Waals surface area contributed by atoms with E-state index >= 15 is 0 Å². The van der Waals surface area contributed by atoms with Crippen molar-refractivity contribution in [3.63, 3.8) is 0 Å². The average Bonchev–Trinajstić information content (AvgIpc) is 2.39. The third-order valence-electron chi connectivity index (χ3n) is 2.49. The zero-order chi connectivity index (χ0) is 13.8. The van der Waals surface area contributed by atoms with Gasteiger partial charge in [0.15, 0.2) is 0 Å². The van der Waals surface area contributed by atoms with Gasteiger partial charge in [-0.3, -0.25) is 0 Å². The minimum Gasteiger partial charge on any atom is -0.481 e. The van der Waals surface area contributed by atoms with Gasteiger partial charge in [0.2, 0.25) is 5.88 Å². The zero-order valence-corrected chi connectivity index (χ0v) is 10.6. The van der Waals surface area contributed by atoms with Gasteiger partial charge in [-0.05, 0) is 25.1 Å². The maximum Gasteiger partial charge on any atom is 0.218 e. The van der Waals surface area contributed by atoms with E-state index in [1.807, 2.05) is 0 Å². The minimum atomic E-state index is -0.477. The van der Waals surface area contributed by atoms with Crippen molar-refractivity contribution in [2.45, 2.75) is 13.5 Å². The molecule has 1 aromatic heterocycles. The molecule has 0 spiro atoms. The summed E-state index contributed by atoms with van der Waals surface area (Å²) in [6.45, 7) is 1.85. The Labute approximate surface area is 109 Å². The Morgan fingerprint density at radius 3 is 2.74 bits per heavy atom. The number of nitrogens with one attached hydrogen (secondary N) is 1. The second-order valence-corrected chi connectivity index (χ2v) is 3.93. The number of methoxy groups -OCH3 is 1. The Bertz CT molecular complexity index is 590. The highest BCUT2D eigenvalue weighted by molar-refractivity contribution is 5.39. The molecule has 1 N–H and O–H groups in total. The number of rotatable bonds is 4. The lowest BCUT2D eigenvalue weighted by molar-refractivity contribution is 0.396. The second kappa shape index (κ2) is 5.60. The lowest BCUT2D eigenvalue weighted by atomic mass is 10.2. The molecule has 0 atom stereocenters. The largest absolute Gasteiger partial charge is 0.481 e. The Morgan fingerprint density at radius 1 is 1.21 bits per heavy atom. The third-order valence-corrected chi connectivity index (χ3v) is 2.49. The molecule has 0 saturated carbocycles. The van der Waals surface area contributed by atoms with Gasteiger partial charge in [-0.2, -0.15) is 4.98 Å². The molecule has 0 radical (unpaired) electrons. The molecule has 0 fully saturated rings. The Balaban J connectivity index is 2.14. The van der Waals surface area contributed by atoms with Gasteiger partial charge in [0.25, 0.3) is 0 Å². The number of hydrogen-bond donors (Lipinski definition) is 1. The standard InChI is InChI=1S/C13H13F2N3O/c1-8-17-12(6-13(18-8)19-2)16-7-9-5-10(14)3-4-11(9)15/h3-6H,7H2,1-2H3,(H,16,17,18). The Hall–Kier alpha value is -2.24. The van der Waals surface area contributed by atoms with Gasteiger partial charge in [-0.15, -0.1) is 0 Å². The summed E-state index contributed by atoms with van der Waals surface area (Å²) in [7, 11) is 1.50. The average molecular weight is 265 g/mol. The van der Waals surface area contributed by atoms with Crippen LogP contribution in [0.4, 0.5) is 14.6 Å². The highest BCUT2D eigenvalue weighted by Gasteiger charge is 2.06. The van der Waals surface area contributed by atoms with Crippen LogP contribution < -0.4 is 10.1 Å². The summed E-state index contributed by atoms with van der Waals surface area (Å²) >= 11 is 0. The first-order valence-electron chi connectivity index (χ1n) is 5.66. The molecular weight excluding hydrogens is 252 g/mol. The zero-order valence-electron chi connectivity index (χ0n) is 10.6. The number of aromatic nitrogens is 2. The maximum absolute atomic E-state index is 13.4. The van der Waals surface area contributed by atoms with Crippen LogP contribution in [-0.4, -0.2) is 17.1 Å². The van der Waals surface area contributed by atoms with Gasteiger partial charge in [0, 0.05) is 18.2 Å². The fourth-order valence-corrected chi connectivity index (χ4v) is 1.60. The van der Waals surface area contributed by atoms with Crippen molar-refractivity contribution in [1.82, 2.24) is 9.97 Å². The van der Waals surface area contributed by atoms with Crippen LogP contribution in [0.1, 0.15) is 11.4 Å². The van der Waals surface area contributed by atoms with Crippen molar-refractivity contribution < 1.29 is 13.5 Å². The highest BCUT2D eigenvalue weighted by atomic mass is 19.1. The Morgan fingerprint density at radius 2 is 2.00 bits per heavy atom. The lowest BCUT2D eigenvalue weighted by Crippen LogP contribution is -2.05. The molecule has 0 bridgehead atoms. The van der Waals surface area contributed by atoms with Crippen molar-refractivity contribution in [3.05, 3.63) is 47.3 Å². The second-order valence-electron chi connectivity index (χ2n) is 3.93. The molecule has 2 aromatic rings. The van der Waals surface area contributed by atoms with E-state index < -0.39 is 11.6 Å². The molecule has 19 heavy (non-hydrogen) atoms. The van der Waals surface area contributed by atoms with E-state index in [0.29, 0.717) is 17.5 Å². The molecule has 4 nitrogen and oxygen atoms in total. The first-order valence-corrected chi connectivity index (χ1v) is 5.66. The van der Waals surface area contributed by atoms with Gasteiger partial charge in [-0.25, -0.2) is 13.8 Å². The van der Waals surface area contributed by atoms with Crippen LogP contribution >= 0.6 is 0 Å². The number of halogens is 2. The first kappa shape index (κ1) is 13.2. The Kier molecular flexibility index (Phi) is 3.89. The molecule has 1 aromatic carbocycles. The minimum absolute atomic E-state index is 0.128. The smallest absolute Gasteiger partial charge is 0.218 e. The van der Waals surface area contributed by atoms with E-state index in [4.69, 9.17) is 4.74 Å². The van der Waals surface area contributed by atoms with Crippen LogP contribution in [0.25, 0.3) is 0 Å². The van der Waals surface area contributed by atoms with E-state index in [1.165, 1.54) is 7.11 Å². The molecule has 0 unspecified atom stereocenters. The van der Waals surface area contributed by atoms with Gasteiger partial charge in [0.05, 0.1) is 7.11 Å². The molecule has 0 aliphatic heterocycles. The van der Waals surface area contributed by atoms with E-state index in [-0.39, 0.29) is 12.1 Å². The van der Waals surface area contributed by atoms with Crippen LogP contribution in [0.3, 0.4) is 0 Å². The molecule has 0 aliphatic rings. The van der Waals surface area contributed by atoms with Crippen LogP contribution in [0.15, 0.2) is 24.3 Å². The van der Waals surface area contributed by atoms with Crippen molar-refractivity contribution in [1.29, 1.82) is 0 Å². The topological polar surface area (TPSA) is 47.0 Å². The van der Waals surface area contributed by atoms with Crippen LogP contribution in [-0.2, 0) is 6.54 Å². The van der Waals surface area contributed by atoms with Gasteiger partial charge >= 0.3 is 0 Å². The number of anilines is 1. The summed E-state index contributed by atoms with van der Waals surface area (Å²) in [5.74, 6) is 0.491. The number of benzene rings is 1. The fraction of sp³-hybridized carbons (Fsp3) is 0.231. The number of ether oxygens (including phenoxy) is 1. The summed E-state index contributed by atoms with van der Waals surface area (Å²) in [6, 6.07) is 4.91. The van der Waals surface area contributed by atoms with Crippen LogP contribution in [0.2, 0.25) is 0 Å². The van der Waals surface area contributed by atoms with Gasteiger partial charge in [0.1, 0.15) is 23.3 Å². The normalized spacial score (nSPS) is 10.3. The summed E-state index contributed by atoms with van der Waals surface area (Å²) in [4.78, 5) is 8.16. The molecule has 0 amide bonds. The van der Waals surface area contributed by atoms with Crippen LogP contribution in [0.5, 0.6) is 5.88 Å². The predicted octanol–water partition coefficient (Wildman–Crippen LogP) is 2.68. The highest BCUT2D eigenvalue weighted by Crippen LogP contribution is 2.15. The van der Waals surface area contributed by atoms with Crippen LogP contribution in [0, 0.1) is 18.6 Å². The number of hydrogen-bond acceptors (Lipinski definition) is 4.